The van der Waals surface area contributed by atoms with E-state index in [0.29, 0.717) is 0 Å². The van der Waals surface area contributed by atoms with Crippen LogP contribution in [0.1, 0.15) is 11.1 Å². The SMILES string of the molecule is CNc1c(C)c(-c2ccccc2)nc2c(C)ccc(Cl)c12. The number of aromatic nitrogens is 1. The molecule has 0 amide bonds. The number of fused-ring (bicyclic) bond motifs is 1. The second-order valence-corrected chi connectivity index (χ2v) is 5.57. The van der Waals surface area contributed by atoms with E-state index in [1.165, 1.54) is 0 Å². The number of nitrogens with zero attached hydrogens (tertiary/aromatic N) is 1. The molecular formula is C18H17ClN2. The van der Waals surface area contributed by atoms with Crippen LogP contribution in [0, 0.1) is 13.8 Å². The van der Waals surface area contributed by atoms with Gasteiger partial charge in [-0.3, -0.25) is 0 Å². The van der Waals surface area contributed by atoms with Crippen molar-refractivity contribution in [3.63, 3.8) is 0 Å². The first-order chi connectivity index (χ1) is 10.1. The van der Waals surface area contributed by atoms with E-state index in [4.69, 9.17) is 16.6 Å². The lowest BCUT2D eigenvalue weighted by atomic mass is 10.00. The van der Waals surface area contributed by atoms with Gasteiger partial charge in [-0.2, -0.15) is 0 Å². The number of hydrogen-bond donors (Lipinski definition) is 1. The highest BCUT2D eigenvalue weighted by Gasteiger charge is 2.15. The summed E-state index contributed by atoms with van der Waals surface area (Å²) in [5.41, 5.74) is 6.36. The molecule has 1 N–H and O–H groups in total. The van der Waals surface area contributed by atoms with Gasteiger partial charge in [0.1, 0.15) is 0 Å². The van der Waals surface area contributed by atoms with Crippen molar-refractivity contribution < 1.29 is 0 Å². The normalized spacial score (nSPS) is 10.9. The Labute approximate surface area is 129 Å². The molecule has 0 atom stereocenters. The molecule has 0 aliphatic carbocycles. The summed E-state index contributed by atoms with van der Waals surface area (Å²) in [6.45, 7) is 4.15. The van der Waals surface area contributed by atoms with Crippen LogP contribution in [0.5, 0.6) is 0 Å². The lowest BCUT2D eigenvalue weighted by Gasteiger charge is -2.16. The Morgan fingerprint density at radius 1 is 1.00 bits per heavy atom. The maximum Gasteiger partial charge on any atom is 0.0774 e. The van der Waals surface area contributed by atoms with Gasteiger partial charge in [0.15, 0.2) is 0 Å². The van der Waals surface area contributed by atoms with Gasteiger partial charge in [-0.15, -0.1) is 0 Å². The quantitative estimate of drug-likeness (QED) is 0.702. The van der Waals surface area contributed by atoms with E-state index in [-0.39, 0.29) is 0 Å². The van der Waals surface area contributed by atoms with Gasteiger partial charge in [-0.1, -0.05) is 48.0 Å². The number of hydrogen-bond acceptors (Lipinski definition) is 2. The van der Waals surface area contributed by atoms with E-state index < -0.39 is 0 Å². The second-order valence-electron chi connectivity index (χ2n) is 5.16. The maximum absolute atomic E-state index is 6.40. The van der Waals surface area contributed by atoms with Gasteiger partial charge in [-0.05, 0) is 31.0 Å². The Kier molecular flexibility index (Phi) is 3.56. The molecule has 1 heterocycles. The molecule has 0 bridgehead atoms. The molecule has 0 saturated carbocycles. The molecule has 3 rings (SSSR count). The van der Waals surface area contributed by atoms with Crippen molar-refractivity contribution in [2.75, 3.05) is 12.4 Å². The van der Waals surface area contributed by atoms with Gasteiger partial charge in [0.05, 0.1) is 16.2 Å². The van der Waals surface area contributed by atoms with E-state index in [1.807, 2.05) is 37.4 Å². The molecule has 0 aliphatic rings. The third-order valence-electron chi connectivity index (χ3n) is 3.83. The molecule has 0 aliphatic heterocycles. The van der Waals surface area contributed by atoms with Crippen LogP contribution in [0.15, 0.2) is 42.5 Å². The van der Waals surface area contributed by atoms with Crippen molar-refractivity contribution >= 4 is 28.2 Å². The van der Waals surface area contributed by atoms with E-state index in [1.54, 1.807) is 0 Å². The van der Waals surface area contributed by atoms with Crippen LogP contribution in [-0.2, 0) is 0 Å². The van der Waals surface area contributed by atoms with Gasteiger partial charge >= 0.3 is 0 Å². The molecule has 2 aromatic carbocycles. The number of halogens is 1. The molecule has 1 aromatic heterocycles. The molecule has 0 saturated heterocycles. The number of rotatable bonds is 2. The minimum atomic E-state index is 0.732. The number of benzene rings is 2. The standard InChI is InChI=1S/C18H17ClN2/c1-11-9-10-14(19)15-16(11)21-17(12(2)18(15)20-3)13-7-5-4-6-8-13/h4-10H,1-3H3,(H,20,21). The summed E-state index contributed by atoms with van der Waals surface area (Å²) >= 11 is 6.40. The molecule has 106 valence electrons. The third-order valence-corrected chi connectivity index (χ3v) is 4.14. The monoisotopic (exact) mass is 296 g/mol. The van der Waals surface area contributed by atoms with E-state index in [0.717, 1.165) is 44.0 Å². The smallest absolute Gasteiger partial charge is 0.0774 e. The van der Waals surface area contributed by atoms with Crippen molar-refractivity contribution in [2.45, 2.75) is 13.8 Å². The second kappa shape index (κ2) is 5.38. The first-order valence-electron chi connectivity index (χ1n) is 6.96. The Balaban J connectivity index is 2.44. The number of aryl methyl sites for hydroxylation is 1. The molecule has 21 heavy (non-hydrogen) atoms. The van der Waals surface area contributed by atoms with Crippen LogP contribution in [0.25, 0.3) is 22.2 Å². The molecule has 0 unspecified atom stereocenters. The van der Waals surface area contributed by atoms with Crippen molar-refractivity contribution in [1.29, 1.82) is 0 Å². The molecule has 3 heteroatoms. The largest absolute Gasteiger partial charge is 0.387 e. The first-order valence-corrected chi connectivity index (χ1v) is 7.34. The summed E-state index contributed by atoms with van der Waals surface area (Å²) in [7, 11) is 1.93. The fourth-order valence-corrected chi connectivity index (χ4v) is 2.99. The molecular weight excluding hydrogens is 280 g/mol. The Hall–Kier alpha value is -2.06. The van der Waals surface area contributed by atoms with Crippen molar-refractivity contribution in [3.8, 4) is 11.3 Å². The summed E-state index contributed by atoms with van der Waals surface area (Å²) in [5, 5.41) is 5.02. The zero-order valence-electron chi connectivity index (χ0n) is 12.4. The highest BCUT2D eigenvalue weighted by molar-refractivity contribution is 6.36. The van der Waals surface area contributed by atoms with Crippen LogP contribution in [0.4, 0.5) is 5.69 Å². The Bertz CT molecular complexity index is 811. The van der Waals surface area contributed by atoms with E-state index >= 15 is 0 Å². The summed E-state index contributed by atoms with van der Waals surface area (Å²) in [6.07, 6.45) is 0. The van der Waals surface area contributed by atoms with Crippen molar-refractivity contribution in [2.24, 2.45) is 0 Å². The van der Waals surface area contributed by atoms with Gasteiger partial charge in [0.2, 0.25) is 0 Å². The van der Waals surface area contributed by atoms with Crippen LogP contribution >= 0.6 is 11.6 Å². The van der Waals surface area contributed by atoms with Gasteiger partial charge in [0.25, 0.3) is 0 Å². The third kappa shape index (κ3) is 2.26. The van der Waals surface area contributed by atoms with Crippen molar-refractivity contribution in [1.82, 2.24) is 4.98 Å². The van der Waals surface area contributed by atoms with Crippen LogP contribution in [-0.4, -0.2) is 12.0 Å². The Morgan fingerprint density at radius 2 is 1.71 bits per heavy atom. The van der Waals surface area contributed by atoms with E-state index in [2.05, 4.69) is 31.3 Å². The fraction of sp³-hybridized carbons (Fsp3) is 0.167. The van der Waals surface area contributed by atoms with Gasteiger partial charge in [0, 0.05) is 23.7 Å². The lowest BCUT2D eigenvalue weighted by Crippen LogP contribution is -2.00. The minimum absolute atomic E-state index is 0.732. The predicted molar refractivity (Wildman–Crippen MR) is 91.2 cm³/mol. The predicted octanol–water partition coefficient (Wildman–Crippen LogP) is 5.21. The highest BCUT2D eigenvalue weighted by atomic mass is 35.5. The molecule has 0 radical (unpaired) electrons. The average molecular weight is 297 g/mol. The van der Waals surface area contributed by atoms with Gasteiger partial charge in [-0.25, -0.2) is 4.98 Å². The van der Waals surface area contributed by atoms with Crippen LogP contribution in [0.3, 0.4) is 0 Å². The van der Waals surface area contributed by atoms with Crippen molar-refractivity contribution in [3.05, 3.63) is 58.6 Å². The minimum Gasteiger partial charge on any atom is -0.387 e. The Morgan fingerprint density at radius 3 is 2.38 bits per heavy atom. The zero-order chi connectivity index (χ0) is 15.0. The number of pyridine rings is 1. The maximum atomic E-state index is 6.40. The molecule has 2 nitrogen and oxygen atoms in total. The van der Waals surface area contributed by atoms with Crippen LogP contribution < -0.4 is 5.32 Å². The topological polar surface area (TPSA) is 24.9 Å². The molecule has 0 spiro atoms. The average Bonchev–Trinajstić information content (AvgIpc) is 2.51. The number of anilines is 1. The van der Waals surface area contributed by atoms with Crippen LogP contribution in [0.2, 0.25) is 5.02 Å². The lowest BCUT2D eigenvalue weighted by molar-refractivity contribution is 1.30. The summed E-state index contributed by atoms with van der Waals surface area (Å²) in [4.78, 5) is 4.89. The number of nitrogens with one attached hydrogen (secondary N) is 1. The molecule has 3 aromatic rings. The van der Waals surface area contributed by atoms with Gasteiger partial charge < -0.3 is 5.32 Å². The summed E-state index contributed by atoms with van der Waals surface area (Å²) in [5.74, 6) is 0. The first kappa shape index (κ1) is 13.9. The summed E-state index contributed by atoms with van der Waals surface area (Å²) in [6, 6.07) is 14.2. The fourth-order valence-electron chi connectivity index (χ4n) is 2.74. The zero-order valence-corrected chi connectivity index (χ0v) is 13.1. The highest BCUT2D eigenvalue weighted by Crippen LogP contribution is 2.37. The summed E-state index contributed by atoms with van der Waals surface area (Å²) < 4.78 is 0. The molecule has 0 fully saturated rings. The van der Waals surface area contributed by atoms with E-state index in [9.17, 15) is 0 Å².